The Labute approximate surface area is 128 Å². The lowest BCUT2D eigenvalue weighted by Crippen LogP contribution is -2.39. The van der Waals surface area contributed by atoms with Crippen LogP contribution in [0.1, 0.15) is 40.2 Å². The molecule has 0 atom stereocenters. The van der Waals surface area contributed by atoms with Crippen molar-refractivity contribution in [2.75, 3.05) is 0 Å². The Bertz CT molecular complexity index is 680. The first-order chi connectivity index (χ1) is 10.6. The van der Waals surface area contributed by atoms with Crippen molar-refractivity contribution in [3.8, 4) is 0 Å². The van der Waals surface area contributed by atoms with Crippen molar-refractivity contribution in [2.24, 2.45) is 0 Å². The predicted molar refractivity (Wildman–Crippen MR) is 82.4 cm³/mol. The van der Waals surface area contributed by atoms with Crippen LogP contribution in [0.3, 0.4) is 0 Å². The third-order valence-electron chi connectivity index (χ3n) is 4.25. The number of benzene rings is 2. The van der Waals surface area contributed by atoms with Crippen molar-refractivity contribution in [3.05, 3.63) is 71.0 Å². The molecule has 1 saturated carbocycles. The molecule has 22 heavy (non-hydrogen) atoms. The van der Waals surface area contributed by atoms with Crippen molar-refractivity contribution in [3.63, 3.8) is 0 Å². The van der Waals surface area contributed by atoms with Crippen LogP contribution in [-0.2, 0) is 6.54 Å². The highest BCUT2D eigenvalue weighted by Crippen LogP contribution is 2.38. The first-order valence-corrected chi connectivity index (χ1v) is 7.43. The van der Waals surface area contributed by atoms with Crippen LogP contribution in [0, 0.1) is 5.82 Å². The van der Waals surface area contributed by atoms with Gasteiger partial charge in [0.15, 0.2) is 0 Å². The number of carboxylic acids is 1. The number of halogens is 1. The van der Waals surface area contributed by atoms with E-state index in [0.29, 0.717) is 18.2 Å². The molecule has 0 heterocycles. The average molecular weight is 299 g/mol. The monoisotopic (exact) mass is 299 g/mol. The lowest BCUT2D eigenvalue weighted by atomic mass is 9.75. The van der Waals surface area contributed by atoms with E-state index < -0.39 is 5.97 Å². The molecule has 0 spiro atoms. The fraction of sp³-hybridized carbons (Fsp3) is 0.278. The first kappa shape index (κ1) is 14.7. The van der Waals surface area contributed by atoms with Crippen molar-refractivity contribution >= 4 is 5.97 Å². The van der Waals surface area contributed by atoms with Crippen molar-refractivity contribution < 1.29 is 14.3 Å². The third kappa shape index (κ3) is 3.17. The maximum Gasteiger partial charge on any atom is 0.335 e. The van der Waals surface area contributed by atoms with E-state index in [9.17, 15) is 9.18 Å². The number of rotatable bonds is 5. The van der Waals surface area contributed by atoms with Gasteiger partial charge in [-0.2, -0.15) is 0 Å². The standard InChI is InChI=1S/C18H18FNO2/c19-17-7-2-1-6-16(17)14-9-15(10-14)20-11-12-4-3-5-13(8-12)18(21)22/h1-8,14-15,20H,9-11H2,(H,21,22). The van der Waals surface area contributed by atoms with Gasteiger partial charge in [-0.3, -0.25) is 0 Å². The van der Waals surface area contributed by atoms with Gasteiger partial charge in [-0.25, -0.2) is 9.18 Å². The van der Waals surface area contributed by atoms with Crippen molar-refractivity contribution in [1.29, 1.82) is 0 Å². The van der Waals surface area contributed by atoms with E-state index >= 15 is 0 Å². The second kappa shape index (κ2) is 6.28. The van der Waals surface area contributed by atoms with Gasteiger partial charge >= 0.3 is 5.97 Å². The van der Waals surface area contributed by atoms with Gasteiger partial charge in [0, 0.05) is 12.6 Å². The molecule has 1 aliphatic rings. The van der Waals surface area contributed by atoms with Gasteiger partial charge < -0.3 is 10.4 Å². The number of hydrogen-bond donors (Lipinski definition) is 2. The smallest absolute Gasteiger partial charge is 0.335 e. The summed E-state index contributed by atoms with van der Waals surface area (Å²) in [5, 5.41) is 12.4. The molecule has 0 bridgehead atoms. The van der Waals surface area contributed by atoms with E-state index in [0.717, 1.165) is 24.0 Å². The summed E-state index contributed by atoms with van der Waals surface area (Å²) >= 11 is 0. The second-order valence-corrected chi connectivity index (χ2v) is 5.77. The van der Waals surface area contributed by atoms with E-state index in [1.807, 2.05) is 18.2 Å². The van der Waals surface area contributed by atoms with Crippen LogP contribution in [0.4, 0.5) is 4.39 Å². The molecule has 1 aliphatic carbocycles. The molecule has 0 unspecified atom stereocenters. The van der Waals surface area contributed by atoms with Gasteiger partial charge in [-0.15, -0.1) is 0 Å². The molecule has 3 rings (SSSR count). The normalized spacial score (nSPS) is 20.4. The number of nitrogens with one attached hydrogen (secondary N) is 1. The molecule has 114 valence electrons. The predicted octanol–water partition coefficient (Wildman–Crippen LogP) is 3.56. The Morgan fingerprint density at radius 2 is 1.95 bits per heavy atom. The summed E-state index contributed by atoms with van der Waals surface area (Å²) < 4.78 is 13.7. The zero-order valence-corrected chi connectivity index (χ0v) is 12.1. The summed E-state index contributed by atoms with van der Waals surface area (Å²) in [5.41, 5.74) is 2.06. The SMILES string of the molecule is O=C(O)c1cccc(CNC2CC(c3ccccc3F)C2)c1. The fourth-order valence-electron chi connectivity index (χ4n) is 2.92. The van der Waals surface area contributed by atoms with Crippen molar-refractivity contribution in [2.45, 2.75) is 31.3 Å². The van der Waals surface area contributed by atoms with Crippen LogP contribution in [0.25, 0.3) is 0 Å². The summed E-state index contributed by atoms with van der Waals surface area (Å²) in [6.07, 6.45) is 1.83. The topological polar surface area (TPSA) is 49.3 Å². The maximum absolute atomic E-state index is 13.7. The highest BCUT2D eigenvalue weighted by atomic mass is 19.1. The van der Waals surface area contributed by atoms with Gasteiger partial charge in [0.2, 0.25) is 0 Å². The van der Waals surface area contributed by atoms with Crippen LogP contribution in [-0.4, -0.2) is 17.1 Å². The number of hydrogen-bond acceptors (Lipinski definition) is 2. The summed E-state index contributed by atoms with van der Waals surface area (Å²) in [6, 6.07) is 14.2. The molecule has 2 N–H and O–H groups in total. The maximum atomic E-state index is 13.7. The molecule has 3 nitrogen and oxygen atoms in total. The molecule has 2 aromatic carbocycles. The number of carbonyl (C=O) groups is 1. The zero-order valence-electron chi connectivity index (χ0n) is 12.1. The largest absolute Gasteiger partial charge is 0.478 e. The summed E-state index contributed by atoms with van der Waals surface area (Å²) in [4.78, 5) is 10.9. The minimum Gasteiger partial charge on any atom is -0.478 e. The van der Waals surface area contributed by atoms with E-state index in [1.165, 1.54) is 6.07 Å². The first-order valence-electron chi connectivity index (χ1n) is 7.43. The van der Waals surface area contributed by atoms with Crippen LogP contribution in [0.5, 0.6) is 0 Å². The van der Waals surface area contributed by atoms with E-state index in [1.54, 1.807) is 24.3 Å². The Kier molecular flexibility index (Phi) is 4.20. The van der Waals surface area contributed by atoms with Crippen LogP contribution >= 0.6 is 0 Å². The fourth-order valence-corrected chi connectivity index (χ4v) is 2.92. The van der Waals surface area contributed by atoms with Gasteiger partial charge in [-0.1, -0.05) is 30.3 Å². The minimum absolute atomic E-state index is 0.125. The molecule has 0 radical (unpaired) electrons. The van der Waals surface area contributed by atoms with E-state index in [4.69, 9.17) is 5.11 Å². The summed E-state index contributed by atoms with van der Waals surface area (Å²) in [6.45, 7) is 0.635. The van der Waals surface area contributed by atoms with Crippen LogP contribution < -0.4 is 5.32 Å². The summed E-state index contributed by atoms with van der Waals surface area (Å²) in [7, 11) is 0. The lowest BCUT2D eigenvalue weighted by Gasteiger charge is -2.36. The highest BCUT2D eigenvalue weighted by molar-refractivity contribution is 5.87. The Morgan fingerprint density at radius 3 is 2.68 bits per heavy atom. The van der Waals surface area contributed by atoms with E-state index in [2.05, 4.69) is 5.32 Å². The van der Waals surface area contributed by atoms with Gasteiger partial charge in [0.25, 0.3) is 0 Å². The summed E-state index contributed by atoms with van der Waals surface area (Å²) in [5.74, 6) is -0.755. The zero-order chi connectivity index (χ0) is 15.5. The molecule has 0 saturated heterocycles. The minimum atomic E-state index is -0.912. The van der Waals surface area contributed by atoms with Gasteiger partial charge in [-0.05, 0) is 48.1 Å². The second-order valence-electron chi connectivity index (χ2n) is 5.77. The molecule has 0 aliphatic heterocycles. The Balaban J connectivity index is 1.52. The van der Waals surface area contributed by atoms with Crippen LogP contribution in [0.2, 0.25) is 0 Å². The molecular weight excluding hydrogens is 281 g/mol. The van der Waals surface area contributed by atoms with Gasteiger partial charge in [0.1, 0.15) is 5.82 Å². The molecule has 2 aromatic rings. The quantitative estimate of drug-likeness (QED) is 0.887. The molecule has 1 fully saturated rings. The Morgan fingerprint density at radius 1 is 1.18 bits per heavy atom. The average Bonchev–Trinajstić information content (AvgIpc) is 2.47. The molecule has 4 heteroatoms. The van der Waals surface area contributed by atoms with E-state index in [-0.39, 0.29) is 11.7 Å². The van der Waals surface area contributed by atoms with Gasteiger partial charge in [0.05, 0.1) is 5.56 Å². The number of aromatic carboxylic acids is 1. The van der Waals surface area contributed by atoms with Crippen LogP contribution in [0.15, 0.2) is 48.5 Å². The lowest BCUT2D eigenvalue weighted by molar-refractivity contribution is 0.0696. The Hall–Kier alpha value is -2.20. The molecular formula is C18H18FNO2. The molecule has 0 amide bonds. The van der Waals surface area contributed by atoms with Crippen molar-refractivity contribution in [1.82, 2.24) is 5.32 Å². The third-order valence-corrected chi connectivity index (χ3v) is 4.25. The number of carboxylic acid groups (broad SMARTS) is 1. The highest BCUT2D eigenvalue weighted by Gasteiger charge is 2.31. The molecule has 0 aromatic heterocycles.